The lowest BCUT2D eigenvalue weighted by Gasteiger charge is -2.30. The molecule has 0 saturated heterocycles. The first-order valence-electron chi connectivity index (χ1n) is 7.30. The first kappa shape index (κ1) is 16.1. The molecule has 4 nitrogen and oxygen atoms in total. The molecule has 2 aromatic rings. The maximum atomic E-state index is 14.2. The molecule has 1 amide bonds. The molecule has 1 aliphatic rings. The fourth-order valence-electron chi connectivity index (χ4n) is 2.32. The van der Waals surface area contributed by atoms with Crippen LogP contribution in [0.2, 0.25) is 0 Å². The summed E-state index contributed by atoms with van der Waals surface area (Å²) in [6, 6.07) is 7.55. The molecule has 6 heteroatoms. The highest BCUT2D eigenvalue weighted by Crippen LogP contribution is 2.34. The van der Waals surface area contributed by atoms with E-state index in [0.717, 1.165) is 18.2 Å². The quantitative estimate of drug-likeness (QED) is 0.906. The summed E-state index contributed by atoms with van der Waals surface area (Å²) in [5.41, 5.74) is -0.118. The van der Waals surface area contributed by atoms with Crippen molar-refractivity contribution in [2.75, 3.05) is 11.9 Å². The molecule has 0 saturated carbocycles. The molecule has 2 N–H and O–H groups in total. The lowest BCUT2D eigenvalue weighted by Crippen LogP contribution is -2.35. The number of aliphatic hydroxyl groups is 1. The number of aliphatic hydroxyl groups excluding tert-OH is 1. The van der Waals surface area contributed by atoms with Crippen LogP contribution in [0, 0.1) is 11.6 Å². The molecule has 1 atom stereocenters. The zero-order chi connectivity index (χ0) is 17.3. The Morgan fingerprint density at radius 3 is 2.62 bits per heavy atom. The number of anilines is 1. The monoisotopic (exact) mass is 331 g/mol. The maximum absolute atomic E-state index is 14.2. The Hall–Kier alpha value is -2.73. The van der Waals surface area contributed by atoms with Crippen LogP contribution in [0.1, 0.15) is 22.8 Å². The number of amides is 1. The molecule has 0 fully saturated rings. The second-order valence-electron chi connectivity index (χ2n) is 5.74. The van der Waals surface area contributed by atoms with E-state index in [0.29, 0.717) is 5.56 Å². The number of ether oxygens (including phenoxy) is 1. The largest absolute Gasteiger partial charge is 0.480 e. The SMILES string of the molecule is CC1(CO)C=Cc2cc(NC(=O)c3ccc(F)cc3)c(F)cc2O1. The molecule has 0 aliphatic carbocycles. The van der Waals surface area contributed by atoms with Gasteiger partial charge in [0, 0.05) is 17.2 Å². The Labute approximate surface area is 137 Å². The Kier molecular flexibility index (Phi) is 4.07. The summed E-state index contributed by atoms with van der Waals surface area (Å²) in [5.74, 6) is -1.39. The summed E-state index contributed by atoms with van der Waals surface area (Å²) in [7, 11) is 0. The second-order valence-corrected chi connectivity index (χ2v) is 5.74. The number of fused-ring (bicyclic) bond motifs is 1. The summed E-state index contributed by atoms with van der Waals surface area (Å²) >= 11 is 0. The highest BCUT2D eigenvalue weighted by Gasteiger charge is 2.27. The number of rotatable bonds is 3. The van der Waals surface area contributed by atoms with Crippen LogP contribution in [0.5, 0.6) is 5.75 Å². The van der Waals surface area contributed by atoms with Crippen molar-refractivity contribution in [2.24, 2.45) is 0 Å². The molecule has 0 radical (unpaired) electrons. The molecule has 1 heterocycles. The van der Waals surface area contributed by atoms with Gasteiger partial charge in [0.05, 0.1) is 12.3 Å². The topological polar surface area (TPSA) is 58.6 Å². The highest BCUT2D eigenvalue weighted by molar-refractivity contribution is 6.04. The first-order chi connectivity index (χ1) is 11.4. The third-order valence-corrected chi connectivity index (χ3v) is 3.73. The summed E-state index contributed by atoms with van der Waals surface area (Å²) in [5, 5.41) is 11.8. The van der Waals surface area contributed by atoms with E-state index < -0.39 is 23.1 Å². The van der Waals surface area contributed by atoms with E-state index >= 15 is 0 Å². The smallest absolute Gasteiger partial charge is 0.255 e. The zero-order valence-corrected chi connectivity index (χ0v) is 12.8. The standard InChI is InChI=1S/C18H15F2NO3/c1-18(10-22)7-6-12-8-15(14(20)9-16(12)24-18)21-17(23)11-2-4-13(19)5-3-11/h2-9,22H,10H2,1H3,(H,21,23). The molecular weight excluding hydrogens is 316 g/mol. The lowest BCUT2D eigenvalue weighted by molar-refractivity contribution is 0.0638. The van der Waals surface area contributed by atoms with Crippen molar-refractivity contribution in [3.8, 4) is 5.75 Å². The van der Waals surface area contributed by atoms with Crippen LogP contribution < -0.4 is 10.1 Å². The Bertz CT molecular complexity index is 818. The molecular formula is C18H15F2NO3. The van der Waals surface area contributed by atoms with Gasteiger partial charge in [0.15, 0.2) is 0 Å². The fourth-order valence-corrected chi connectivity index (χ4v) is 2.32. The second kappa shape index (κ2) is 6.05. The predicted molar refractivity (Wildman–Crippen MR) is 85.9 cm³/mol. The van der Waals surface area contributed by atoms with Crippen molar-refractivity contribution in [2.45, 2.75) is 12.5 Å². The number of nitrogens with one attached hydrogen (secondary N) is 1. The number of carbonyl (C=O) groups excluding carboxylic acids is 1. The minimum Gasteiger partial charge on any atom is -0.480 e. The van der Waals surface area contributed by atoms with Gasteiger partial charge in [0.25, 0.3) is 5.91 Å². The molecule has 1 unspecified atom stereocenters. The van der Waals surface area contributed by atoms with Crippen molar-refractivity contribution in [1.29, 1.82) is 0 Å². The van der Waals surface area contributed by atoms with Crippen LogP contribution in [-0.4, -0.2) is 23.2 Å². The van der Waals surface area contributed by atoms with Crippen molar-refractivity contribution >= 4 is 17.7 Å². The Balaban J connectivity index is 1.86. The molecule has 1 aliphatic heterocycles. The summed E-state index contributed by atoms with van der Waals surface area (Å²) < 4.78 is 32.7. The van der Waals surface area contributed by atoms with E-state index in [1.807, 2.05) is 0 Å². The van der Waals surface area contributed by atoms with Gasteiger partial charge in [0.1, 0.15) is 23.0 Å². The molecule has 124 valence electrons. The van der Waals surface area contributed by atoms with Gasteiger partial charge in [-0.05, 0) is 43.3 Å². The molecule has 0 spiro atoms. The number of carbonyl (C=O) groups is 1. The van der Waals surface area contributed by atoms with Crippen LogP contribution in [0.4, 0.5) is 14.5 Å². The van der Waals surface area contributed by atoms with Gasteiger partial charge in [-0.2, -0.15) is 0 Å². The number of benzene rings is 2. The lowest BCUT2D eigenvalue weighted by atomic mass is 10.0. The average molecular weight is 331 g/mol. The van der Waals surface area contributed by atoms with E-state index in [1.54, 1.807) is 19.1 Å². The molecule has 24 heavy (non-hydrogen) atoms. The van der Waals surface area contributed by atoms with Gasteiger partial charge in [-0.3, -0.25) is 4.79 Å². The Morgan fingerprint density at radius 2 is 1.96 bits per heavy atom. The minimum atomic E-state index is -0.904. The van der Waals surface area contributed by atoms with Gasteiger partial charge >= 0.3 is 0 Å². The summed E-state index contributed by atoms with van der Waals surface area (Å²) in [6.45, 7) is 1.43. The molecule has 0 bridgehead atoms. The van der Waals surface area contributed by atoms with Crippen molar-refractivity contribution in [3.05, 3.63) is 65.2 Å². The number of halogens is 2. The number of hydrogen-bond donors (Lipinski definition) is 2. The van der Waals surface area contributed by atoms with Crippen molar-refractivity contribution < 1.29 is 23.4 Å². The van der Waals surface area contributed by atoms with Gasteiger partial charge in [0.2, 0.25) is 0 Å². The minimum absolute atomic E-state index is 0.0103. The van der Waals surface area contributed by atoms with E-state index in [4.69, 9.17) is 4.74 Å². The maximum Gasteiger partial charge on any atom is 0.255 e. The molecule has 3 rings (SSSR count). The van der Waals surface area contributed by atoms with Crippen LogP contribution in [0.3, 0.4) is 0 Å². The van der Waals surface area contributed by atoms with Crippen LogP contribution in [0.25, 0.3) is 6.08 Å². The van der Waals surface area contributed by atoms with Crippen molar-refractivity contribution in [1.82, 2.24) is 0 Å². The predicted octanol–water partition coefficient (Wildman–Crippen LogP) is 3.37. The van der Waals surface area contributed by atoms with Crippen molar-refractivity contribution in [3.63, 3.8) is 0 Å². The molecule has 2 aromatic carbocycles. The third kappa shape index (κ3) is 3.14. The number of hydrogen-bond acceptors (Lipinski definition) is 3. The first-order valence-corrected chi connectivity index (χ1v) is 7.30. The van der Waals surface area contributed by atoms with E-state index in [-0.39, 0.29) is 23.6 Å². The van der Waals surface area contributed by atoms with Crippen LogP contribution in [-0.2, 0) is 0 Å². The van der Waals surface area contributed by atoms with E-state index in [1.165, 1.54) is 18.2 Å². The summed E-state index contributed by atoms with van der Waals surface area (Å²) in [6.07, 6.45) is 3.36. The van der Waals surface area contributed by atoms with Gasteiger partial charge in [-0.1, -0.05) is 6.08 Å². The zero-order valence-electron chi connectivity index (χ0n) is 12.8. The molecule has 0 aromatic heterocycles. The van der Waals surface area contributed by atoms with Gasteiger partial charge in [-0.25, -0.2) is 8.78 Å². The Morgan fingerprint density at radius 1 is 1.25 bits per heavy atom. The van der Waals surface area contributed by atoms with E-state index in [2.05, 4.69) is 5.32 Å². The van der Waals surface area contributed by atoms with Gasteiger partial charge < -0.3 is 15.2 Å². The fraction of sp³-hybridized carbons (Fsp3) is 0.167. The average Bonchev–Trinajstić information content (AvgIpc) is 2.56. The third-order valence-electron chi connectivity index (χ3n) is 3.73. The normalized spacial score (nSPS) is 18.7. The van der Waals surface area contributed by atoms with Crippen LogP contribution in [0.15, 0.2) is 42.5 Å². The van der Waals surface area contributed by atoms with E-state index in [9.17, 15) is 18.7 Å². The van der Waals surface area contributed by atoms with Gasteiger partial charge in [-0.15, -0.1) is 0 Å². The highest BCUT2D eigenvalue weighted by atomic mass is 19.1. The van der Waals surface area contributed by atoms with Crippen LogP contribution >= 0.6 is 0 Å². The summed E-state index contributed by atoms with van der Waals surface area (Å²) in [4.78, 5) is 12.1.